The van der Waals surface area contributed by atoms with E-state index in [2.05, 4.69) is 15.0 Å². The normalized spacial score (nSPS) is 19.2. The average molecular weight is 464 g/mol. The third-order valence-electron chi connectivity index (χ3n) is 6.60. The van der Waals surface area contributed by atoms with Crippen LogP contribution < -0.4 is 0 Å². The highest BCUT2D eigenvalue weighted by Gasteiger charge is 2.30. The fourth-order valence-electron chi connectivity index (χ4n) is 4.94. The van der Waals surface area contributed by atoms with E-state index in [1.807, 2.05) is 12.1 Å². The van der Waals surface area contributed by atoms with Crippen molar-refractivity contribution in [2.45, 2.75) is 37.9 Å². The number of hydrogen-bond donors (Lipinski definition) is 1. The maximum Gasteiger partial charge on any atom is 0.170 e. The number of aliphatic hydroxyl groups is 1. The van der Waals surface area contributed by atoms with Gasteiger partial charge in [0.05, 0.1) is 22.3 Å². The second-order valence-electron chi connectivity index (χ2n) is 8.56. The van der Waals surface area contributed by atoms with Crippen molar-refractivity contribution < 1.29 is 14.0 Å². The first-order chi connectivity index (χ1) is 15.0. The van der Waals surface area contributed by atoms with Crippen molar-refractivity contribution in [1.29, 1.82) is 0 Å². The Labute approximate surface area is 190 Å². The second kappa shape index (κ2) is 8.68. The number of fused-ring (bicyclic) bond motifs is 2. The molecule has 3 heterocycles. The number of aromatic nitrogens is 1. The molecule has 0 radical (unpaired) electrons. The van der Waals surface area contributed by atoms with Crippen LogP contribution in [0.15, 0.2) is 34.9 Å². The van der Waals surface area contributed by atoms with Crippen LogP contribution in [0.1, 0.15) is 35.6 Å². The number of piperidine rings is 1. The summed E-state index contributed by atoms with van der Waals surface area (Å²) in [5.41, 5.74) is 3.83. The standard InChI is InChI=1S/C23H24Cl2FN3O2/c24-20-7-15-10-28(11-16(15)8-21(20)25)12-18(13-30)29-5-3-14(4-6-29)23-19-2-1-17(26)9-22(19)31-27-23/h1-2,7-9,14,18,30H,3-6,10-13H2. The number of benzene rings is 2. The first-order valence-corrected chi connectivity index (χ1v) is 11.4. The van der Waals surface area contributed by atoms with E-state index in [0.29, 0.717) is 15.6 Å². The molecule has 31 heavy (non-hydrogen) atoms. The van der Waals surface area contributed by atoms with Gasteiger partial charge in [0.1, 0.15) is 5.82 Å². The number of likely N-dealkylation sites (tertiary alicyclic amines) is 1. The Morgan fingerprint density at radius 3 is 2.42 bits per heavy atom. The molecule has 2 aliphatic heterocycles. The van der Waals surface area contributed by atoms with Crippen LogP contribution in [0.2, 0.25) is 10.0 Å². The first kappa shape index (κ1) is 21.2. The monoisotopic (exact) mass is 463 g/mol. The van der Waals surface area contributed by atoms with Gasteiger partial charge in [-0.2, -0.15) is 0 Å². The molecule has 1 aromatic heterocycles. The van der Waals surface area contributed by atoms with Gasteiger partial charge in [0, 0.05) is 43.0 Å². The molecule has 0 bridgehead atoms. The minimum absolute atomic E-state index is 0.0735. The Balaban J connectivity index is 1.21. The van der Waals surface area contributed by atoms with E-state index < -0.39 is 0 Å². The van der Waals surface area contributed by atoms with Crippen molar-refractivity contribution in [2.75, 3.05) is 26.2 Å². The van der Waals surface area contributed by atoms with E-state index in [4.69, 9.17) is 27.7 Å². The molecule has 1 unspecified atom stereocenters. The summed E-state index contributed by atoms with van der Waals surface area (Å²) in [4.78, 5) is 4.70. The minimum Gasteiger partial charge on any atom is -0.395 e. The zero-order chi connectivity index (χ0) is 21.5. The first-order valence-electron chi connectivity index (χ1n) is 10.6. The lowest BCUT2D eigenvalue weighted by Crippen LogP contribution is -2.48. The summed E-state index contributed by atoms with van der Waals surface area (Å²) in [5, 5.41) is 16.4. The van der Waals surface area contributed by atoms with Crippen LogP contribution in [0.5, 0.6) is 0 Å². The zero-order valence-electron chi connectivity index (χ0n) is 17.0. The van der Waals surface area contributed by atoms with Crippen LogP contribution in [-0.2, 0) is 13.1 Å². The summed E-state index contributed by atoms with van der Waals surface area (Å²) in [7, 11) is 0. The molecule has 1 saturated heterocycles. The highest BCUT2D eigenvalue weighted by atomic mass is 35.5. The molecule has 2 aliphatic rings. The van der Waals surface area contributed by atoms with Gasteiger partial charge >= 0.3 is 0 Å². The quantitative estimate of drug-likeness (QED) is 0.587. The van der Waals surface area contributed by atoms with Crippen LogP contribution in [0.4, 0.5) is 4.39 Å². The lowest BCUT2D eigenvalue weighted by molar-refractivity contribution is 0.0672. The molecule has 2 aromatic carbocycles. The van der Waals surface area contributed by atoms with Gasteiger partial charge in [-0.15, -0.1) is 0 Å². The number of aliphatic hydroxyl groups excluding tert-OH is 1. The van der Waals surface area contributed by atoms with Crippen LogP contribution in [0, 0.1) is 5.82 Å². The van der Waals surface area contributed by atoms with Gasteiger partial charge in [-0.05, 0) is 61.3 Å². The predicted molar refractivity (Wildman–Crippen MR) is 119 cm³/mol. The predicted octanol–water partition coefficient (Wildman–Crippen LogP) is 4.83. The fourth-order valence-corrected chi connectivity index (χ4v) is 5.31. The van der Waals surface area contributed by atoms with Crippen molar-refractivity contribution >= 4 is 34.2 Å². The molecule has 5 nitrogen and oxygen atoms in total. The minimum atomic E-state index is -0.315. The number of hydrogen-bond acceptors (Lipinski definition) is 5. The highest BCUT2D eigenvalue weighted by Crippen LogP contribution is 2.34. The van der Waals surface area contributed by atoms with Crippen LogP contribution >= 0.6 is 23.2 Å². The summed E-state index contributed by atoms with van der Waals surface area (Å²) in [5.74, 6) is -0.0351. The lowest BCUT2D eigenvalue weighted by atomic mass is 9.91. The Kier molecular flexibility index (Phi) is 5.92. The molecule has 0 aliphatic carbocycles. The number of nitrogens with zero attached hydrogens (tertiary/aromatic N) is 3. The summed E-state index contributed by atoms with van der Waals surface area (Å²) in [6, 6.07) is 8.57. The Morgan fingerprint density at radius 2 is 1.77 bits per heavy atom. The second-order valence-corrected chi connectivity index (χ2v) is 9.37. The van der Waals surface area contributed by atoms with Gasteiger partial charge in [-0.25, -0.2) is 4.39 Å². The molecular formula is C23H24Cl2FN3O2. The lowest BCUT2D eigenvalue weighted by Gasteiger charge is -2.38. The van der Waals surface area contributed by atoms with Crippen molar-refractivity contribution in [3.05, 3.63) is 63.0 Å². The van der Waals surface area contributed by atoms with E-state index in [1.54, 1.807) is 6.07 Å². The van der Waals surface area contributed by atoms with Crippen LogP contribution in [0.25, 0.3) is 11.0 Å². The zero-order valence-corrected chi connectivity index (χ0v) is 18.5. The fraction of sp³-hybridized carbons (Fsp3) is 0.435. The molecular weight excluding hydrogens is 440 g/mol. The third-order valence-corrected chi connectivity index (χ3v) is 7.33. The molecule has 0 spiro atoms. The number of rotatable bonds is 5. The van der Waals surface area contributed by atoms with Crippen molar-refractivity contribution in [1.82, 2.24) is 15.0 Å². The molecule has 1 atom stereocenters. The van der Waals surface area contributed by atoms with Gasteiger partial charge in [-0.3, -0.25) is 9.80 Å². The molecule has 164 valence electrons. The smallest absolute Gasteiger partial charge is 0.170 e. The van der Waals surface area contributed by atoms with E-state index in [-0.39, 0.29) is 24.4 Å². The topological polar surface area (TPSA) is 52.7 Å². The highest BCUT2D eigenvalue weighted by molar-refractivity contribution is 6.42. The van der Waals surface area contributed by atoms with Crippen molar-refractivity contribution in [3.63, 3.8) is 0 Å². The Morgan fingerprint density at radius 1 is 1.10 bits per heavy atom. The van der Waals surface area contributed by atoms with Gasteiger partial charge in [0.25, 0.3) is 0 Å². The number of halogens is 3. The molecule has 5 rings (SSSR count). The van der Waals surface area contributed by atoms with Gasteiger partial charge < -0.3 is 9.63 Å². The molecule has 1 fully saturated rings. The van der Waals surface area contributed by atoms with Gasteiger partial charge in [-0.1, -0.05) is 28.4 Å². The average Bonchev–Trinajstić information content (AvgIpc) is 3.35. The molecule has 0 amide bonds. The Bertz CT molecular complexity index is 1070. The Hall–Kier alpha value is -1.70. The molecule has 8 heteroatoms. The molecule has 1 N–H and O–H groups in total. The van der Waals surface area contributed by atoms with Crippen LogP contribution in [-0.4, -0.2) is 52.3 Å². The molecule has 0 saturated carbocycles. The van der Waals surface area contributed by atoms with Crippen LogP contribution in [0.3, 0.4) is 0 Å². The maximum atomic E-state index is 13.4. The van der Waals surface area contributed by atoms with Crippen molar-refractivity contribution in [2.24, 2.45) is 0 Å². The largest absolute Gasteiger partial charge is 0.395 e. The summed E-state index contributed by atoms with van der Waals surface area (Å²) >= 11 is 12.3. The summed E-state index contributed by atoms with van der Waals surface area (Å²) in [6.07, 6.45) is 1.86. The van der Waals surface area contributed by atoms with E-state index in [1.165, 1.54) is 23.3 Å². The third kappa shape index (κ3) is 4.20. The SMILES string of the molecule is OCC(CN1Cc2cc(Cl)c(Cl)cc2C1)N1CCC(c2noc3cc(F)ccc23)CC1. The van der Waals surface area contributed by atoms with Gasteiger partial charge in [0.15, 0.2) is 5.58 Å². The summed E-state index contributed by atoms with van der Waals surface area (Å²) < 4.78 is 18.8. The van der Waals surface area contributed by atoms with E-state index in [0.717, 1.165) is 56.6 Å². The van der Waals surface area contributed by atoms with Gasteiger partial charge in [0.2, 0.25) is 0 Å². The van der Waals surface area contributed by atoms with E-state index >= 15 is 0 Å². The van der Waals surface area contributed by atoms with E-state index in [9.17, 15) is 9.50 Å². The van der Waals surface area contributed by atoms with Crippen molar-refractivity contribution in [3.8, 4) is 0 Å². The maximum absolute atomic E-state index is 13.4. The molecule has 3 aromatic rings. The summed E-state index contributed by atoms with van der Waals surface area (Å²) in [6.45, 7) is 4.30.